The molecule has 0 saturated carbocycles. The van der Waals surface area contributed by atoms with Gasteiger partial charge in [0.2, 0.25) is 11.8 Å². The maximum atomic E-state index is 9.05. The zero-order chi connectivity index (χ0) is 24.5. The lowest BCUT2D eigenvalue weighted by Crippen LogP contribution is -1.87. The van der Waals surface area contributed by atoms with Crippen LogP contribution in [0.5, 0.6) is 0 Å². The minimum atomic E-state index is -0.100. The Hall–Kier alpha value is -2.97. The van der Waals surface area contributed by atoms with Gasteiger partial charge in [-0.2, -0.15) is 0 Å². The van der Waals surface area contributed by atoms with Gasteiger partial charge in [-0.25, -0.2) is 9.97 Å². The molecule has 8 heteroatoms. The van der Waals surface area contributed by atoms with Gasteiger partial charge in [-0.1, -0.05) is 24.3 Å². The number of aromatic nitrogens is 2. The average Bonchev–Trinajstić information content (AvgIpc) is 3.42. The van der Waals surface area contributed by atoms with Crippen molar-refractivity contribution >= 4 is 11.6 Å². The van der Waals surface area contributed by atoms with E-state index in [0.29, 0.717) is 42.3 Å². The second-order valence-electron chi connectivity index (χ2n) is 7.60. The van der Waals surface area contributed by atoms with Crippen LogP contribution in [-0.4, -0.2) is 29.3 Å². The van der Waals surface area contributed by atoms with Crippen LogP contribution in [0, 0.1) is 13.8 Å². The van der Waals surface area contributed by atoms with Crippen LogP contribution in [0.4, 0.5) is 0 Å². The molecule has 4 aromatic rings. The Kier molecular flexibility index (Phi) is 9.42. The molecule has 0 saturated heterocycles. The van der Waals surface area contributed by atoms with Crippen molar-refractivity contribution in [2.24, 2.45) is 0 Å². The molecule has 0 amide bonds. The molecule has 0 unspecified atom stereocenters. The summed E-state index contributed by atoms with van der Waals surface area (Å²) in [7, 11) is 3.34. The minimum absolute atomic E-state index is 0.100. The van der Waals surface area contributed by atoms with Gasteiger partial charge in [0, 0.05) is 25.3 Å². The van der Waals surface area contributed by atoms with Gasteiger partial charge in [0.15, 0.2) is 0 Å². The van der Waals surface area contributed by atoms with Crippen molar-refractivity contribution < 1.29 is 23.4 Å². The van der Waals surface area contributed by atoms with Gasteiger partial charge in [-0.15, -0.1) is 11.6 Å². The first-order valence-electron chi connectivity index (χ1n) is 10.7. The van der Waals surface area contributed by atoms with Crippen LogP contribution in [0.15, 0.2) is 57.4 Å². The predicted octanol–water partition coefficient (Wildman–Crippen LogP) is 5.82. The van der Waals surface area contributed by atoms with Gasteiger partial charge in [0.05, 0.1) is 31.4 Å². The summed E-state index contributed by atoms with van der Waals surface area (Å²) in [6.45, 7) is 4.76. The second-order valence-corrected chi connectivity index (χ2v) is 7.86. The zero-order valence-corrected chi connectivity index (χ0v) is 20.6. The average molecular weight is 485 g/mol. The van der Waals surface area contributed by atoms with Crippen molar-refractivity contribution in [3.05, 3.63) is 82.6 Å². The van der Waals surface area contributed by atoms with Crippen LogP contribution in [0.1, 0.15) is 34.0 Å². The smallest absolute Gasteiger partial charge is 0.226 e. The van der Waals surface area contributed by atoms with Crippen LogP contribution in [0.2, 0.25) is 0 Å². The van der Waals surface area contributed by atoms with Crippen LogP contribution < -0.4 is 0 Å². The summed E-state index contributed by atoms with van der Waals surface area (Å²) in [6, 6.07) is 15.7. The van der Waals surface area contributed by atoms with Gasteiger partial charge >= 0.3 is 0 Å². The van der Waals surface area contributed by atoms with E-state index in [1.54, 1.807) is 21.1 Å². The van der Waals surface area contributed by atoms with Crippen molar-refractivity contribution in [3.8, 4) is 22.9 Å². The Morgan fingerprint density at radius 2 is 1.15 bits per heavy atom. The third-order valence-corrected chi connectivity index (χ3v) is 5.34. The summed E-state index contributed by atoms with van der Waals surface area (Å²) in [5, 5.41) is 9.05. The lowest BCUT2D eigenvalue weighted by molar-refractivity contribution is 0.185. The van der Waals surface area contributed by atoms with Crippen LogP contribution >= 0.6 is 11.6 Å². The molecule has 4 rings (SSSR count). The van der Waals surface area contributed by atoms with Crippen LogP contribution in [0.25, 0.3) is 22.9 Å². The van der Waals surface area contributed by atoms with E-state index in [1.165, 1.54) is 0 Å². The highest BCUT2D eigenvalue weighted by atomic mass is 35.5. The molecule has 180 valence electrons. The standard InChI is InChI=1S/C13H14ClNO2.C13H15NO3/c1-9-12(7-14)15-13(17-9)11-5-3-10(4-6-11)8-16-2;1-9-12(7-15)14-13(17-9)11-5-3-10(4-6-11)8-16-2/h3-6H,7-8H2,1-2H3;3-6,15H,7-8H2,1-2H3. The largest absolute Gasteiger partial charge is 0.441 e. The number of benzene rings is 2. The van der Waals surface area contributed by atoms with E-state index in [1.807, 2.05) is 55.5 Å². The fourth-order valence-electron chi connectivity index (χ4n) is 3.19. The summed E-state index contributed by atoms with van der Waals surface area (Å²) < 4.78 is 21.2. The Morgan fingerprint density at radius 3 is 1.47 bits per heavy atom. The van der Waals surface area contributed by atoms with Crippen LogP contribution in [-0.2, 0) is 35.2 Å². The molecular weight excluding hydrogens is 456 g/mol. The quantitative estimate of drug-likeness (QED) is 0.315. The number of aliphatic hydroxyl groups excluding tert-OH is 1. The maximum absolute atomic E-state index is 9.05. The van der Waals surface area contributed by atoms with Crippen molar-refractivity contribution in [2.75, 3.05) is 14.2 Å². The molecule has 0 bridgehead atoms. The predicted molar refractivity (Wildman–Crippen MR) is 130 cm³/mol. The Morgan fingerprint density at radius 1 is 0.735 bits per heavy atom. The topological polar surface area (TPSA) is 90.8 Å². The molecular formula is C26H29ClN2O5. The van der Waals surface area contributed by atoms with Gasteiger partial charge in [-0.05, 0) is 49.2 Å². The number of nitrogens with zero attached hydrogens (tertiary/aromatic N) is 2. The maximum Gasteiger partial charge on any atom is 0.226 e. The lowest BCUT2D eigenvalue weighted by atomic mass is 10.1. The number of oxazole rings is 2. The molecule has 0 aliphatic heterocycles. The number of halogens is 1. The number of ether oxygens (including phenoxy) is 2. The van der Waals surface area contributed by atoms with Gasteiger partial charge < -0.3 is 23.4 Å². The first-order valence-corrected chi connectivity index (χ1v) is 11.3. The first kappa shape index (κ1) is 25.6. The number of rotatable bonds is 8. The number of alkyl halides is 1. The monoisotopic (exact) mass is 484 g/mol. The molecule has 2 heterocycles. The van der Waals surface area contributed by atoms with E-state index in [4.69, 9.17) is 35.0 Å². The number of hydrogen-bond acceptors (Lipinski definition) is 7. The molecule has 1 N–H and O–H groups in total. The van der Waals surface area contributed by atoms with Crippen molar-refractivity contribution in [2.45, 2.75) is 39.5 Å². The van der Waals surface area contributed by atoms with Crippen LogP contribution in [0.3, 0.4) is 0 Å². The third-order valence-electron chi connectivity index (χ3n) is 5.09. The van der Waals surface area contributed by atoms with Gasteiger partial charge in [0.25, 0.3) is 0 Å². The molecule has 7 nitrogen and oxygen atoms in total. The summed E-state index contributed by atoms with van der Waals surface area (Å²) in [6.07, 6.45) is 0. The number of aryl methyl sites for hydroxylation is 2. The molecule has 0 aliphatic rings. The van der Waals surface area contributed by atoms with Crippen molar-refractivity contribution in [1.82, 2.24) is 9.97 Å². The minimum Gasteiger partial charge on any atom is -0.441 e. The zero-order valence-electron chi connectivity index (χ0n) is 19.8. The normalized spacial score (nSPS) is 10.8. The lowest BCUT2D eigenvalue weighted by Gasteiger charge is -2.00. The SMILES string of the molecule is COCc1ccc(-c2nc(CCl)c(C)o2)cc1.COCc1ccc(-c2nc(CO)c(C)o2)cc1. The molecule has 0 atom stereocenters. The van der Waals surface area contributed by atoms with E-state index in [2.05, 4.69) is 9.97 Å². The fraction of sp³-hybridized carbons (Fsp3) is 0.308. The highest BCUT2D eigenvalue weighted by molar-refractivity contribution is 6.17. The molecule has 34 heavy (non-hydrogen) atoms. The molecule has 2 aromatic heterocycles. The summed E-state index contributed by atoms with van der Waals surface area (Å²) in [4.78, 5) is 8.57. The summed E-state index contributed by atoms with van der Waals surface area (Å²) >= 11 is 5.76. The summed E-state index contributed by atoms with van der Waals surface area (Å²) in [5.41, 5.74) is 5.44. The van der Waals surface area contributed by atoms with E-state index < -0.39 is 0 Å². The van der Waals surface area contributed by atoms with E-state index >= 15 is 0 Å². The highest BCUT2D eigenvalue weighted by Gasteiger charge is 2.11. The molecule has 0 radical (unpaired) electrons. The Labute approximate surface area is 204 Å². The number of methoxy groups -OCH3 is 2. The Balaban J connectivity index is 0.000000191. The van der Waals surface area contributed by atoms with Crippen molar-refractivity contribution in [1.29, 1.82) is 0 Å². The van der Waals surface area contributed by atoms with E-state index in [-0.39, 0.29) is 6.61 Å². The number of aliphatic hydroxyl groups is 1. The summed E-state index contributed by atoms with van der Waals surface area (Å²) in [5.74, 6) is 2.95. The molecule has 2 aromatic carbocycles. The number of hydrogen-bond donors (Lipinski definition) is 1. The Bertz CT molecular complexity index is 1070. The van der Waals surface area contributed by atoms with Gasteiger partial charge in [0.1, 0.15) is 17.2 Å². The first-order chi connectivity index (χ1) is 16.5. The fourth-order valence-corrected chi connectivity index (χ4v) is 3.44. The van der Waals surface area contributed by atoms with E-state index in [0.717, 1.165) is 33.7 Å². The molecule has 0 aliphatic carbocycles. The highest BCUT2D eigenvalue weighted by Crippen LogP contribution is 2.24. The second kappa shape index (κ2) is 12.5. The van der Waals surface area contributed by atoms with Crippen molar-refractivity contribution in [3.63, 3.8) is 0 Å². The van der Waals surface area contributed by atoms with Gasteiger partial charge in [-0.3, -0.25) is 0 Å². The van der Waals surface area contributed by atoms with E-state index in [9.17, 15) is 0 Å². The molecule has 0 spiro atoms. The third kappa shape index (κ3) is 6.55. The molecule has 0 fully saturated rings.